The lowest BCUT2D eigenvalue weighted by atomic mass is 9.72. The first-order valence-electron chi connectivity index (χ1n) is 11.3. The maximum atomic E-state index is 12.6. The molecule has 0 aliphatic carbocycles. The van der Waals surface area contributed by atoms with Gasteiger partial charge in [-0.1, -0.05) is 12.1 Å². The standard InChI is InChI=1S/C23H32F3N3O2/c1-18(23(24,25)26)31-21(30)29-16-22(17-29)9-13-27(14-10-22)15-19-5-7-20(8-6-19)28-11-3-2-4-12-28/h5-8,18H,2-4,9-17H2,1H3. The first-order chi connectivity index (χ1) is 14.7. The minimum atomic E-state index is -4.52. The number of amides is 1. The fourth-order valence-corrected chi connectivity index (χ4v) is 4.91. The van der Waals surface area contributed by atoms with E-state index in [1.165, 1.54) is 35.4 Å². The molecule has 3 aliphatic heterocycles. The Morgan fingerprint density at radius 3 is 2.23 bits per heavy atom. The molecule has 1 amide bonds. The van der Waals surface area contributed by atoms with E-state index in [0.29, 0.717) is 13.1 Å². The topological polar surface area (TPSA) is 36.0 Å². The summed E-state index contributed by atoms with van der Waals surface area (Å²) in [6.45, 7) is 6.94. The molecule has 0 radical (unpaired) electrons. The summed E-state index contributed by atoms with van der Waals surface area (Å²) in [5, 5.41) is 0. The molecule has 1 aromatic rings. The number of anilines is 1. The Kier molecular flexibility index (Phi) is 6.37. The van der Waals surface area contributed by atoms with Crippen LogP contribution in [0.25, 0.3) is 0 Å². The summed E-state index contributed by atoms with van der Waals surface area (Å²) in [5.41, 5.74) is 2.65. The molecular weight excluding hydrogens is 407 g/mol. The lowest BCUT2D eigenvalue weighted by Gasteiger charge is -2.53. The minimum absolute atomic E-state index is 0.0368. The monoisotopic (exact) mass is 439 g/mol. The maximum Gasteiger partial charge on any atom is 0.425 e. The predicted molar refractivity (Wildman–Crippen MR) is 113 cm³/mol. The van der Waals surface area contributed by atoms with E-state index in [4.69, 9.17) is 0 Å². The molecule has 0 N–H and O–H groups in total. The fraction of sp³-hybridized carbons (Fsp3) is 0.696. The second-order valence-electron chi connectivity index (χ2n) is 9.41. The molecule has 3 heterocycles. The van der Waals surface area contributed by atoms with Crippen LogP contribution in [0.5, 0.6) is 0 Å². The van der Waals surface area contributed by atoms with Gasteiger partial charge in [0.05, 0.1) is 0 Å². The van der Waals surface area contributed by atoms with Crippen LogP contribution in [0.1, 0.15) is 44.6 Å². The van der Waals surface area contributed by atoms with Crippen LogP contribution in [-0.4, -0.2) is 67.4 Å². The lowest BCUT2D eigenvalue weighted by Crippen LogP contribution is -2.62. The van der Waals surface area contributed by atoms with Gasteiger partial charge in [-0.2, -0.15) is 13.2 Å². The molecule has 4 rings (SSSR count). The smallest absolute Gasteiger partial charge is 0.425 e. The number of ether oxygens (including phenoxy) is 1. The predicted octanol–water partition coefficient (Wildman–Crippen LogP) is 4.66. The molecule has 0 bridgehead atoms. The summed E-state index contributed by atoms with van der Waals surface area (Å²) < 4.78 is 42.3. The van der Waals surface area contributed by atoms with Crippen molar-refractivity contribution < 1.29 is 22.7 Å². The van der Waals surface area contributed by atoms with Crippen LogP contribution in [0.4, 0.5) is 23.7 Å². The zero-order chi connectivity index (χ0) is 22.1. The van der Waals surface area contributed by atoms with Crippen LogP contribution in [0, 0.1) is 5.41 Å². The molecule has 0 saturated carbocycles. The molecule has 1 atom stereocenters. The van der Waals surface area contributed by atoms with E-state index in [0.717, 1.165) is 52.5 Å². The zero-order valence-electron chi connectivity index (χ0n) is 18.2. The van der Waals surface area contributed by atoms with Gasteiger partial charge in [0.15, 0.2) is 6.10 Å². The number of piperidine rings is 2. The van der Waals surface area contributed by atoms with Crippen molar-refractivity contribution in [2.24, 2.45) is 5.41 Å². The van der Waals surface area contributed by atoms with Gasteiger partial charge in [-0.3, -0.25) is 4.90 Å². The van der Waals surface area contributed by atoms with Crippen molar-refractivity contribution in [2.45, 2.75) is 57.9 Å². The van der Waals surface area contributed by atoms with Crippen molar-refractivity contribution >= 4 is 11.8 Å². The molecule has 0 aromatic heterocycles. The van der Waals surface area contributed by atoms with Crippen molar-refractivity contribution in [2.75, 3.05) is 44.2 Å². The number of rotatable bonds is 4. The fourth-order valence-electron chi connectivity index (χ4n) is 4.91. The van der Waals surface area contributed by atoms with Gasteiger partial charge in [-0.25, -0.2) is 4.79 Å². The highest BCUT2D eigenvalue weighted by molar-refractivity contribution is 5.69. The average molecular weight is 440 g/mol. The normalized spacial score (nSPS) is 22.8. The molecule has 3 saturated heterocycles. The van der Waals surface area contributed by atoms with E-state index in [1.807, 2.05) is 0 Å². The number of benzene rings is 1. The Morgan fingerprint density at radius 1 is 1.03 bits per heavy atom. The first kappa shape index (κ1) is 22.2. The molecule has 8 heteroatoms. The third-order valence-corrected chi connectivity index (χ3v) is 7.03. The van der Waals surface area contributed by atoms with Gasteiger partial charge in [0.2, 0.25) is 0 Å². The maximum absolute atomic E-state index is 12.6. The number of nitrogens with zero attached hydrogens (tertiary/aromatic N) is 3. The highest BCUT2D eigenvalue weighted by Crippen LogP contribution is 2.41. The van der Waals surface area contributed by atoms with E-state index < -0.39 is 18.4 Å². The minimum Gasteiger partial charge on any atom is -0.437 e. The number of carbonyl (C=O) groups is 1. The second-order valence-corrected chi connectivity index (χ2v) is 9.41. The summed E-state index contributed by atoms with van der Waals surface area (Å²) in [7, 11) is 0. The van der Waals surface area contributed by atoms with Gasteiger partial charge < -0.3 is 14.5 Å². The van der Waals surface area contributed by atoms with Gasteiger partial charge >= 0.3 is 12.3 Å². The number of alkyl halides is 3. The summed E-state index contributed by atoms with van der Waals surface area (Å²) in [6, 6.07) is 8.89. The third-order valence-electron chi connectivity index (χ3n) is 7.03. The molecule has 172 valence electrons. The van der Waals surface area contributed by atoms with Crippen LogP contribution >= 0.6 is 0 Å². The first-order valence-corrected chi connectivity index (χ1v) is 11.3. The largest absolute Gasteiger partial charge is 0.437 e. The molecule has 1 spiro atoms. The van der Waals surface area contributed by atoms with Crippen molar-refractivity contribution in [3.63, 3.8) is 0 Å². The molecule has 1 unspecified atom stereocenters. The SMILES string of the molecule is CC(OC(=O)N1CC2(CCN(Cc3ccc(N4CCCCC4)cc3)CC2)C1)C(F)(F)F. The Hall–Kier alpha value is -1.96. The van der Waals surface area contributed by atoms with Crippen LogP contribution in [-0.2, 0) is 11.3 Å². The summed E-state index contributed by atoms with van der Waals surface area (Å²) in [4.78, 5) is 18.2. The summed E-state index contributed by atoms with van der Waals surface area (Å²) in [5.74, 6) is 0. The van der Waals surface area contributed by atoms with Crippen LogP contribution in [0.15, 0.2) is 24.3 Å². The third kappa shape index (κ3) is 5.27. The van der Waals surface area contributed by atoms with Crippen LogP contribution < -0.4 is 4.90 Å². The number of likely N-dealkylation sites (tertiary alicyclic amines) is 2. The van der Waals surface area contributed by atoms with Gasteiger partial charge in [0.1, 0.15) is 0 Å². The Morgan fingerprint density at radius 2 is 1.65 bits per heavy atom. The number of carbonyl (C=O) groups excluding carboxylic acids is 1. The molecule has 31 heavy (non-hydrogen) atoms. The Labute approximate surface area is 182 Å². The molecule has 3 aliphatic rings. The lowest BCUT2D eigenvalue weighted by molar-refractivity contribution is -0.202. The highest BCUT2D eigenvalue weighted by atomic mass is 19.4. The summed E-state index contributed by atoms with van der Waals surface area (Å²) >= 11 is 0. The Balaban J connectivity index is 1.20. The van der Waals surface area contributed by atoms with Crippen molar-refractivity contribution in [3.05, 3.63) is 29.8 Å². The summed E-state index contributed by atoms with van der Waals surface area (Å²) in [6.07, 6.45) is -1.66. The highest BCUT2D eigenvalue weighted by Gasteiger charge is 2.48. The quantitative estimate of drug-likeness (QED) is 0.684. The zero-order valence-corrected chi connectivity index (χ0v) is 18.2. The molecule has 5 nitrogen and oxygen atoms in total. The van der Waals surface area contributed by atoms with E-state index in [1.54, 1.807) is 0 Å². The molecular formula is C23H32F3N3O2. The van der Waals surface area contributed by atoms with Gasteiger partial charge in [0, 0.05) is 43.8 Å². The van der Waals surface area contributed by atoms with E-state index in [9.17, 15) is 18.0 Å². The van der Waals surface area contributed by atoms with Crippen molar-refractivity contribution in [3.8, 4) is 0 Å². The van der Waals surface area contributed by atoms with Crippen molar-refractivity contribution in [1.82, 2.24) is 9.80 Å². The van der Waals surface area contributed by atoms with Crippen molar-refractivity contribution in [1.29, 1.82) is 0 Å². The van der Waals surface area contributed by atoms with Crippen LogP contribution in [0.3, 0.4) is 0 Å². The number of hydrogen-bond donors (Lipinski definition) is 0. The van der Waals surface area contributed by atoms with E-state index in [-0.39, 0.29) is 5.41 Å². The number of halogens is 3. The molecule has 3 fully saturated rings. The average Bonchev–Trinajstić information content (AvgIpc) is 2.73. The van der Waals surface area contributed by atoms with Gasteiger partial charge in [-0.05, 0) is 69.8 Å². The van der Waals surface area contributed by atoms with E-state index >= 15 is 0 Å². The molecule has 1 aromatic carbocycles. The Bertz CT molecular complexity index is 746. The van der Waals surface area contributed by atoms with E-state index in [2.05, 4.69) is 38.8 Å². The van der Waals surface area contributed by atoms with Gasteiger partial charge in [0.25, 0.3) is 0 Å². The van der Waals surface area contributed by atoms with Crippen LogP contribution in [0.2, 0.25) is 0 Å². The van der Waals surface area contributed by atoms with Gasteiger partial charge in [-0.15, -0.1) is 0 Å². The second kappa shape index (κ2) is 8.88. The number of hydrogen-bond acceptors (Lipinski definition) is 4.